The van der Waals surface area contributed by atoms with Crippen LogP contribution >= 0.6 is 0 Å². The first-order valence-electron chi connectivity index (χ1n) is 6.08. The Balaban J connectivity index is 2.77. The summed E-state index contributed by atoms with van der Waals surface area (Å²) in [4.78, 5) is 0. The molecule has 0 bridgehead atoms. The number of fused-ring (bicyclic) bond motifs is 1. The van der Waals surface area contributed by atoms with Gasteiger partial charge in [0, 0.05) is 5.39 Å². The first kappa shape index (κ1) is 12.0. The highest BCUT2D eigenvalue weighted by molar-refractivity contribution is 5.90. The molecule has 0 amide bonds. The molecule has 1 heterocycles. The van der Waals surface area contributed by atoms with Crippen LogP contribution in [-0.4, -0.2) is 10.2 Å². The Morgan fingerprint density at radius 3 is 2.41 bits per heavy atom. The van der Waals surface area contributed by atoms with E-state index in [4.69, 9.17) is 5.73 Å². The van der Waals surface area contributed by atoms with Crippen LogP contribution < -0.4 is 5.73 Å². The van der Waals surface area contributed by atoms with Gasteiger partial charge in [0.1, 0.15) is 0 Å². The predicted molar refractivity (Wildman–Crippen MR) is 73.3 cm³/mol. The summed E-state index contributed by atoms with van der Waals surface area (Å²) in [6.45, 7) is 11.1. The fourth-order valence-electron chi connectivity index (χ4n) is 2.23. The zero-order valence-electron chi connectivity index (χ0n) is 11.3. The number of H-pyrrole nitrogens is 1. The van der Waals surface area contributed by atoms with Gasteiger partial charge in [-0.15, -0.1) is 0 Å². The van der Waals surface area contributed by atoms with Crippen LogP contribution in [0.1, 0.15) is 51.7 Å². The van der Waals surface area contributed by atoms with Crippen molar-refractivity contribution in [2.24, 2.45) is 0 Å². The molecule has 0 unspecified atom stereocenters. The van der Waals surface area contributed by atoms with E-state index in [0.29, 0.717) is 11.7 Å². The van der Waals surface area contributed by atoms with Gasteiger partial charge in [0.15, 0.2) is 5.82 Å². The normalized spacial score (nSPS) is 12.6. The summed E-state index contributed by atoms with van der Waals surface area (Å²) in [6.07, 6.45) is 0. The first-order chi connectivity index (χ1) is 7.80. The molecule has 0 radical (unpaired) electrons. The molecule has 0 atom stereocenters. The Bertz CT molecular complexity index is 544. The number of nitrogens with zero attached hydrogens (tertiary/aromatic N) is 1. The number of nitrogens with one attached hydrogen (secondary N) is 1. The molecular formula is C14H21N3. The van der Waals surface area contributed by atoms with Crippen molar-refractivity contribution in [3.8, 4) is 0 Å². The van der Waals surface area contributed by atoms with Crippen molar-refractivity contribution in [1.29, 1.82) is 0 Å². The van der Waals surface area contributed by atoms with Crippen molar-refractivity contribution < 1.29 is 0 Å². The maximum absolute atomic E-state index is 5.86. The molecule has 1 aromatic heterocycles. The first-order valence-corrected chi connectivity index (χ1v) is 6.08. The van der Waals surface area contributed by atoms with Crippen molar-refractivity contribution in [3.05, 3.63) is 23.3 Å². The molecule has 0 aliphatic rings. The summed E-state index contributed by atoms with van der Waals surface area (Å²) >= 11 is 0. The topological polar surface area (TPSA) is 54.7 Å². The van der Waals surface area contributed by atoms with E-state index in [-0.39, 0.29) is 5.41 Å². The minimum Gasteiger partial charge on any atom is -0.382 e. The van der Waals surface area contributed by atoms with E-state index in [1.807, 2.05) is 0 Å². The molecule has 3 heteroatoms. The van der Waals surface area contributed by atoms with Gasteiger partial charge in [0.05, 0.1) is 5.52 Å². The Morgan fingerprint density at radius 1 is 1.24 bits per heavy atom. The fourth-order valence-corrected chi connectivity index (χ4v) is 2.23. The highest BCUT2D eigenvalue weighted by atomic mass is 15.1. The third-order valence-electron chi connectivity index (χ3n) is 3.19. The summed E-state index contributed by atoms with van der Waals surface area (Å²) in [5.41, 5.74) is 9.74. The summed E-state index contributed by atoms with van der Waals surface area (Å²) in [5.74, 6) is 1.07. The molecular weight excluding hydrogens is 210 g/mol. The summed E-state index contributed by atoms with van der Waals surface area (Å²) in [6, 6.07) is 4.37. The lowest BCUT2D eigenvalue weighted by Gasteiger charge is -2.25. The third kappa shape index (κ3) is 2.02. The van der Waals surface area contributed by atoms with E-state index in [0.717, 1.165) is 10.9 Å². The summed E-state index contributed by atoms with van der Waals surface area (Å²) < 4.78 is 0. The molecule has 1 aromatic carbocycles. The molecule has 0 fully saturated rings. The van der Waals surface area contributed by atoms with Crippen LogP contribution in [0, 0.1) is 0 Å². The van der Waals surface area contributed by atoms with Gasteiger partial charge in [0.2, 0.25) is 0 Å². The molecule has 0 aliphatic heterocycles. The number of benzene rings is 1. The number of hydrogen-bond donors (Lipinski definition) is 2. The van der Waals surface area contributed by atoms with Crippen LogP contribution in [0.15, 0.2) is 12.1 Å². The maximum Gasteiger partial charge on any atom is 0.153 e. The van der Waals surface area contributed by atoms with Gasteiger partial charge in [-0.1, -0.05) is 34.6 Å². The number of anilines is 1. The Hall–Kier alpha value is -1.51. The average molecular weight is 231 g/mol. The van der Waals surface area contributed by atoms with Crippen LogP contribution in [0.25, 0.3) is 10.9 Å². The van der Waals surface area contributed by atoms with Gasteiger partial charge >= 0.3 is 0 Å². The van der Waals surface area contributed by atoms with Gasteiger partial charge in [-0.2, -0.15) is 5.10 Å². The minimum absolute atomic E-state index is 0.133. The highest BCUT2D eigenvalue weighted by Crippen LogP contribution is 2.34. The molecule has 0 saturated carbocycles. The second-order valence-electron chi connectivity index (χ2n) is 6.00. The Labute approximate surface area is 102 Å². The predicted octanol–water partition coefficient (Wildman–Crippen LogP) is 3.57. The van der Waals surface area contributed by atoms with Crippen molar-refractivity contribution in [1.82, 2.24) is 10.2 Å². The molecule has 3 nitrogen and oxygen atoms in total. The van der Waals surface area contributed by atoms with Crippen molar-refractivity contribution in [3.63, 3.8) is 0 Å². The molecule has 2 rings (SSSR count). The van der Waals surface area contributed by atoms with Crippen LogP contribution in [0.2, 0.25) is 0 Å². The van der Waals surface area contributed by atoms with E-state index in [1.54, 1.807) is 0 Å². The Morgan fingerprint density at radius 2 is 1.88 bits per heavy atom. The summed E-state index contributed by atoms with van der Waals surface area (Å²) in [7, 11) is 0. The zero-order valence-corrected chi connectivity index (χ0v) is 11.3. The van der Waals surface area contributed by atoms with Gasteiger partial charge in [0.25, 0.3) is 0 Å². The molecule has 17 heavy (non-hydrogen) atoms. The number of rotatable bonds is 1. The van der Waals surface area contributed by atoms with Crippen LogP contribution in [0.3, 0.4) is 0 Å². The second-order valence-corrected chi connectivity index (χ2v) is 6.00. The monoisotopic (exact) mass is 231 g/mol. The SMILES string of the molecule is CC(C)c1cc2c(N)n[nH]c2cc1C(C)(C)C. The average Bonchev–Trinajstić information content (AvgIpc) is 2.57. The number of hydrogen-bond acceptors (Lipinski definition) is 2. The molecule has 0 saturated heterocycles. The van der Waals surface area contributed by atoms with E-state index in [2.05, 4.69) is 56.9 Å². The van der Waals surface area contributed by atoms with Crippen molar-refractivity contribution in [2.45, 2.75) is 46.0 Å². The fraction of sp³-hybridized carbons (Fsp3) is 0.500. The van der Waals surface area contributed by atoms with E-state index >= 15 is 0 Å². The minimum atomic E-state index is 0.133. The molecule has 3 N–H and O–H groups in total. The number of nitrogen functional groups attached to an aromatic ring is 1. The standard InChI is InChI=1S/C14H21N3/c1-8(2)9-6-10-12(16-17-13(10)15)7-11(9)14(3,4)5/h6-8H,1-5H3,(H3,15,16,17). The van der Waals surface area contributed by atoms with Crippen LogP contribution in [0.4, 0.5) is 5.82 Å². The van der Waals surface area contributed by atoms with Crippen molar-refractivity contribution in [2.75, 3.05) is 5.73 Å². The smallest absolute Gasteiger partial charge is 0.153 e. The highest BCUT2D eigenvalue weighted by Gasteiger charge is 2.21. The van der Waals surface area contributed by atoms with E-state index in [1.165, 1.54) is 11.1 Å². The number of aromatic amines is 1. The summed E-state index contributed by atoms with van der Waals surface area (Å²) in [5, 5.41) is 8.09. The number of aromatic nitrogens is 2. The van der Waals surface area contributed by atoms with Crippen LogP contribution in [-0.2, 0) is 5.41 Å². The lowest BCUT2D eigenvalue weighted by Crippen LogP contribution is -2.15. The second kappa shape index (κ2) is 3.76. The van der Waals surface area contributed by atoms with Crippen molar-refractivity contribution >= 4 is 16.7 Å². The molecule has 2 aromatic rings. The van der Waals surface area contributed by atoms with Gasteiger partial charge in [-0.25, -0.2) is 0 Å². The largest absolute Gasteiger partial charge is 0.382 e. The molecule has 0 aliphatic carbocycles. The lowest BCUT2D eigenvalue weighted by atomic mass is 9.80. The maximum atomic E-state index is 5.86. The van der Waals surface area contributed by atoms with Gasteiger partial charge in [-0.3, -0.25) is 5.10 Å². The van der Waals surface area contributed by atoms with Crippen LogP contribution in [0.5, 0.6) is 0 Å². The lowest BCUT2D eigenvalue weighted by molar-refractivity contribution is 0.578. The molecule has 92 valence electrons. The molecule has 0 spiro atoms. The van der Waals surface area contributed by atoms with Gasteiger partial charge < -0.3 is 5.73 Å². The van der Waals surface area contributed by atoms with E-state index in [9.17, 15) is 0 Å². The number of nitrogens with two attached hydrogens (primary N) is 1. The quantitative estimate of drug-likeness (QED) is 0.788. The zero-order chi connectivity index (χ0) is 12.8. The Kier molecular flexibility index (Phi) is 2.64. The van der Waals surface area contributed by atoms with E-state index < -0.39 is 0 Å². The van der Waals surface area contributed by atoms with Gasteiger partial charge in [-0.05, 0) is 34.6 Å². The third-order valence-corrected chi connectivity index (χ3v) is 3.19.